The molecule has 0 radical (unpaired) electrons. The van der Waals surface area contributed by atoms with Crippen molar-refractivity contribution in [2.45, 2.75) is 38.3 Å². The Bertz CT molecular complexity index is 324. The van der Waals surface area contributed by atoms with E-state index in [9.17, 15) is 5.11 Å². The molecule has 1 aliphatic rings. The van der Waals surface area contributed by atoms with Gasteiger partial charge in [0.15, 0.2) is 5.82 Å². The van der Waals surface area contributed by atoms with Crippen LogP contribution in [0, 0.1) is 0 Å². The van der Waals surface area contributed by atoms with Crippen molar-refractivity contribution < 1.29 is 9.63 Å². The maximum absolute atomic E-state index is 9.20. The fraction of sp³-hybridized carbons (Fsp3) is 0.800. The Balaban J connectivity index is 2.06. The second-order valence-corrected chi connectivity index (χ2v) is 4.24. The topological polar surface area (TPSA) is 62.4 Å². The Morgan fingerprint density at radius 3 is 3.07 bits per heavy atom. The second kappa shape index (κ2) is 4.28. The van der Waals surface area contributed by atoms with Gasteiger partial charge < -0.3 is 9.63 Å². The first-order valence-corrected chi connectivity index (χ1v) is 5.37. The Morgan fingerprint density at radius 1 is 1.67 bits per heavy atom. The van der Waals surface area contributed by atoms with E-state index in [-0.39, 0.29) is 6.04 Å². The van der Waals surface area contributed by atoms with Crippen molar-refractivity contribution in [1.82, 2.24) is 15.0 Å². The smallest absolute Gasteiger partial charge is 0.243 e. The zero-order valence-electron chi connectivity index (χ0n) is 9.18. The fourth-order valence-corrected chi connectivity index (χ4v) is 1.97. The first kappa shape index (κ1) is 10.6. The van der Waals surface area contributed by atoms with Crippen LogP contribution in [0.5, 0.6) is 0 Å². The highest BCUT2D eigenvalue weighted by Gasteiger charge is 2.27. The number of aromatic nitrogens is 2. The standard InChI is InChI=1S/C10H17N3O2/c1-7(14)6-9-11-10(15-12-9)8-4-3-5-13(8)2/h7-8,14H,3-6H2,1-2H3. The van der Waals surface area contributed by atoms with Crippen LogP contribution in [0.3, 0.4) is 0 Å². The molecule has 0 bridgehead atoms. The molecule has 1 N–H and O–H groups in total. The third-order valence-corrected chi connectivity index (χ3v) is 2.77. The molecule has 5 heteroatoms. The lowest BCUT2D eigenvalue weighted by atomic mass is 10.2. The molecular formula is C10H17N3O2. The largest absolute Gasteiger partial charge is 0.393 e. The van der Waals surface area contributed by atoms with Gasteiger partial charge in [-0.05, 0) is 33.4 Å². The van der Waals surface area contributed by atoms with Gasteiger partial charge in [0.25, 0.3) is 0 Å². The molecule has 1 aromatic heterocycles. The molecule has 2 unspecified atom stereocenters. The average Bonchev–Trinajstić information content (AvgIpc) is 2.72. The molecule has 2 atom stereocenters. The van der Waals surface area contributed by atoms with Crippen molar-refractivity contribution in [1.29, 1.82) is 0 Å². The molecule has 2 heterocycles. The van der Waals surface area contributed by atoms with Crippen molar-refractivity contribution in [3.05, 3.63) is 11.7 Å². The molecule has 1 aliphatic heterocycles. The minimum absolute atomic E-state index is 0.264. The van der Waals surface area contributed by atoms with Crippen LogP contribution < -0.4 is 0 Å². The predicted molar refractivity (Wildman–Crippen MR) is 54.3 cm³/mol. The third kappa shape index (κ3) is 2.35. The van der Waals surface area contributed by atoms with Crippen molar-refractivity contribution >= 4 is 0 Å². The van der Waals surface area contributed by atoms with E-state index >= 15 is 0 Å². The zero-order chi connectivity index (χ0) is 10.8. The highest BCUT2D eigenvalue weighted by atomic mass is 16.5. The highest BCUT2D eigenvalue weighted by Crippen LogP contribution is 2.28. The van der Waals surface area contributed by atoms with Crippen LogP contribution >= 0.6 is 0 Å². The molecule has 2 rings (SSSR count). The monoisotopic (exact) mass is 211 g/mol. The molecule has 0 aromatic carbocycles. The summed E-state index contributed by atoms with van der Waals surface area (Å²) >= 11 is 0. The van der Waals surface area contributed by atoms with E-state index in [2.05, 4.69) is 22.1 Å². The van der Waals surface area contributed by atoms with Gasteiger partial charge in [0.1, 0.15) is 0 Å². The second-order valence-electron chi connectivity index (χ2n) is 4.24. The summed E-state index contributed by atoms with van der Waals surface area (Å²) in [5.74, 6) is 1.28. The van der Waals surface area contributed by atoms with E-state index in [0.29, 0.717) is 18.1 Å². The Hall–Kier alpha value is -0.940. The van der Waals surface area contributed by atoms with E-state index in [1.807, 2.05) is 0 Å². The van der Waals surface area contributed by atoms with Gasteiger partial charge in [0, 0.05) is 6.42 Å². The Labute approximate surface area is 89.1 Å². The molecule has 1 aromatic rings. The highest BCUT2D eigenvalue weighted by molar-refractivity contribution is 4.96. The maximum atomic E-state index is 9.20. The summed E-state index contributed by atoms with van der Waals surface area (Å²) in [4.78, 5) is 6.53. The van der Waals surface area contributed by atoms with Gasteiger partial charge in [-0.1, -0.05) is 5.16 Å². The number of aliphatic hydroxyl groups is 1. The van der Waals surface area contributed by atoms with Gasteiger partial charge in [-0.25, -0.2) is 0 Å². The molecule has 0 saturated carbocycles. The van der Waals surface area contributed by atoms with Crippen molar-refractivity contribution in [2.75, 3.05) is 13.6 Å². The van der Waals surface area contributed by atoms with Crippen molar-refractivity contribution in [3.8, 4) is 0 Å². The van der Waals surface area contributed by atoms with E-state index < -0.39 is 6.10 Å². The summed E-state index contributed by atoms with van der Waals surface area (Å²) in [5.41, 5.74) is 0. The van der Waals surface area contributed by atoms with E-state index in [1.54, 1.807) is 6.92 Å². The lowest BCUT2D eigenvalue weighted by molar-refractivity contribution is 0.191. The van der Waals surface area contributed by atoms with Crippen LogP contribution in [0.4, 0.5) is 0 Å². The van der Waals surface area contributed by atoms with Gasteiger partial charge in [0.05, 0.1) is 12.1 Å². The molecule has 0 aliphatic carbocycles. The predicted octanol–water partition coefficient (Wildman–Crippen LogP) is 0.760. The average molecular weight is 211 g/mol. The molecule has 84 valence electrons. The summed E-state index contributed by atoms with van der Waals surface area (Å²) in [6, 6.07) is 0.264. The first-order valence-electron chi connectivity index (χ1n) is 5.37. The quantitative estimate of drug-likeness (QED) is 0.799. The summed E-state index contributed by atoms with van der Waals surface area (Å²) < 4.78 is 5.21. The summed E-state index contributed by atoms with van der Waals surface area (Å²) in [6.07, 6.45) is 2.29. The van der Waals surface area contributed by atoms with E-state index in [4.69, 9.17) is 4.52 Å². The van der Waals surface area contributed by atoms with Gasteiger partial charge in [0.2, 0.25) is 5.89 Å². The van der Waals surface area contributed by atoms with Crippen molar-refractivity contribution in [3.63, 3.8) is 0 Å². The van der Waals surface area contributed by atoms with Crippen LogP contribution in [-0.2, 0) is 6.42 Å². The summed E-state index contributed by atoms with van der Waals surface area (Å²) in [6.45, 7) is 2.80. The van der Waals surface area contributed by atoms with Gasteiger partial charge in [-0.3, -0.25) is 4.90 Å². The first-order chi connectivity index (χ1) is 7.16. The molecule has 1 saturated heterocycles. The normalized spacial score (nSPS) is 24.6. The SMILES string of the molecule is CC(O)Cc1noc(C2CCCN2C)n1. The minimum atomic E-state index is -0.420. The Kier molecular flexibility index (Phi) is 3.02. The van der Waals surface area contributed by atoms with Crippen LogP contribution in [0.1, 0.15) is 37.5 Å². The van der Waals surface area contributed by atoms with Gasteiger partial charge >= 0.3 is 0 Å². The van der Waals surface area contributed by atoms with Crippen molar-refractivity contribution in [2.24, 2.45) is 0 Å². The number of aliphatic hydroxyl groups excluding tert-OH is 1. The number of hydrogen-bond acceptors (Lipinski definition) is 5. The maximum Gasteiger partial charge on any atom is 0.243 e. The zero-order valence-corrected chi connectivity index (χ0v) is 9.18. The van der Waals surface area contributed by atoms with Crippen LogP contribution in [0.25, 0.3) is 0 Å². The third-order valence-electron chi connectivity index (χ3n) is 2.77. The number of hydrogen-bond donors (Lipinski definition) is 1. The van der Waals surface area contributed by atoms with Crippen LogP contribution in [0.2, 0.25) is 0 Å². The molecular weight excluding hydrogens is 194 g/mol. The summed E-state index contributed by atoms with van der Waals surface area (Å²) in [7, 11) is 2.07. The molecule has 0 spiro atoms. The Morgan fingerprint density at radius 2 is 2.47 bits per heavy atom. The molecule has 5 nitrogen and oxygen atoms in total. The summed E-state index contributed by atoms with van der Waals surface area (Å²) in [5, 5.41) is 13.1. The molecule has 15 heavy (non-hydrogen) atoms. The number of rotatable bonds is 3. The van der Waals surface area contributed by atoms with Gasteiger partial charge in [-0.15, -0.1) is 0 Å². The number of likely N-dealkylation sites (tertiary alicyclic amines) is 1. The fourth-order valence-electron chi connectivity index (χ4n) is 1.97. The number of nitrogens with zero attached hydrogens (tertiary/aromatic N) is 3. The lowest BCUT2D eigenvalue weighted by Gasteiger charge is -2.14. The minimum Gasteiger partial charge on any atom is -0.393 e. The van der Waals surface area contributed by atoms with E-state index in [0.717, 1.165) is 13.0 Å². The molecule has 0 amide bonds. The van der Waals surface area contributed by atoms with Gasteiger partial charge in [-0.2, -0.15) is 4.98 Å². The van der Waals surface area contributed by atoms with Crippen LogP contribution in [0.15, 0.2) is 4.52 Å². The van der Waals surface area contributed by atoms with Crippen LogP contribution in [-0.4, -0.2) is 39.8 Å². The molecule has 1 fully saturated rings. The lowest BCUT2D eigenvalue weighted by Crippen LogP contribution is -2.17. The van der Waals surface area contributed by atoms with E-state index in [1.165, 1.54) is 6.42 Å².